The number of carbonyl (C=O) groups excluding carboxylic acids is 2. The first kappa shape index (κ1) is 39.1. The lowest BCUT2D eigenvalue weighted by molar-refractivity contribution is -0.140. The fraction of sp³-hybridized carbons (Fsp3) is 0.821. The number of rotatable bonds is 19. The van der Waals surface area contributed by atoms with Gasteiger partial charge in [0.2, 0.25) is 11.8 Å². The van der Waals surface area contributed by atoms with Gasteiger partial charge < -0.3 is 36.4 Å². The van der Waals surface area contributed by atoms with E-state index in [1.807, 2.05) is 4.90 Å². The molecule has 44 heavy (non-hydrogen) atoms. The first-order valence-electron chi connectivity index (χ1n) is 15.3. The molecule has 1 aliphatic rings. The summed E-state index contributed by atoms with van der Waals surface area (Å²) in [7, 11) is 0. The Morgan fingerprint density at radius 2 is 1.14 bits per heavy atom. The Kier molecular flexibility index (Phi) is 20.1. The highest BCUT2D eigenvalue weighted by Gasteiger charge is 2.21. The molecule has 1 atom stereocenters. The van der Waals surface area contributed by atoms with Crippen molar-refractivity contribution in [3.63, 3.8) is 0 Å². The number of aliphatic hydroxyl groups excluding tert-OH is 1. The van der Waals surface area contributed by atoms with Crippen LogP contribution in [0.4, 0.5) is 0 Å². The SMILES string of the molecule is CC(C)CCCCNC(=O)[C@@H](CO)NC(=O)CCNCN1CCN(CC(=O)O)CCN(CC(=O)O)CCN(CC(=O)O)CC1. The molecule has 2 amide bonds. The number of aliphatic carboxylic acids is 3. The van der Waals surface area contributed by atoms with E-state index in [4.69, 9.17) is 0 Å². The Morgan fingerprint density at radius 1 is 0.682 bits per heavy atom. The predicted octanol–water partition coefficient (Wildman–Crippen LogP) is -2.18. The van der Waals surface area contributed by atoms with Crippen LogP contribution >= 0.6 is 0 Å². The molecule has 1 saturated heterocycles. The van der Waals surface area contributed by atoms with Gasteiger partial charge in [0.1, 0.15) is 6.04 Å². The molecule has 1 heterocycles. The summed E-state index contributed by atoms with van der Waals surface area (Å²) >= 11 is 0. The lowest BCUT2D eigenvalue weighted by Crippen LogP contribution is -2.50. The molecule has 0 radical (unpaired) electrons. The van der Waals surface area contributed by atoms with Crippen LogP contribution in [0.5, 0.6) is 0 Å². The summed E-state index contributed by atoms with van der Waals surface area (Å²) in [4.78, 5) is 66.1. The maximum absolute atomic E-state index is 12.4. The molecule has 16 nitrogen and oxygen atoms in total. The summed E-state index contributed by atoms with van der Waals surface area (Å²) in [6.45, 7) is 7.20. The molecule has 0 saturated carbocycles. The van der Waals surface area contributed by atoms with Gasteiger partial charge in [-0.05, 0) is 12.3 Å². The first-order chi connectivity index (χ1) is 20.9. The van der Waals surface area contributed by atoms with Crippen molar-refractivity contribution in [3.8, 4) is 0 Å². The first-order valence-corrected chi connectivity index (χ1v) is 15.3. The molecule has 1 rings (SSSR count). The van der Waals surface area contributed by atoms with Crippen molar-refractivity contribution in [1.29, 1.82) is 0 Å². The highest BCUT2D eigenvalue weighted by Crippen LogP contribution is 2.05. The van der Waals surface area contributed by atoms with Crippen LogP contribution in [-0.2, 0) is 24.0 Å². The fourth-order valence-corrected chi connectivity index (χ4v) is 4.70. The van der Waals surface area contributed by atoms with Crippen LogP contribution in [0, 0.1) is 5.92 Å². The Balaban J connectivity index is 2.66. The van der Waals surface area contributed by atoms with Crippen LogP contribution in [0.2, 0.25) is 0 Å². The van der Waals surface area contributed by atoms with Crippen LogP contribution in [0.1, 0.15) is 39.5 Å². The van der Waals surface area contributed by atoms with E-state index in [1.54, 1.807) is 14.7 Å². The molecule has 0 spiro atoms. The van der Waals surface area contributed by atoms with Crippen LogP contribution in [0.15, 0.2) is 0 Å². The summed E-state index contributed by atoms with van der Waals surface area (Å²) in [5.74, 6) is -3.24. The zero-order chi connectivity index (χ0) is 32.9. The normalized spacial score (nSPS) is 17.4. The van der Waals surface area contributed by atoms with Gasteiger partial charge >= 0.3 is 17.9 Å². The number of carboxylic acid groups (broad SMARTS) is 3. The van der Waals surface area contributed by atoms with E-state index in [2.05, 4.69) is 29.8 Å². The third-order valence-corrected chi connectivity index (χ3v) is 7.21. The van der Waals surface area contributed by atoms with Gasteiger partial charge in [-0.2, -0.15) is 0 Å². The molecule has 16 heteroatoms. The van der Waals surface area contributed by atoms with Gasteiger partial charge in [0.25, 0.3) is 0 Å². The van der Waals surface area contributed by atoms with E-state index in [9.17, 15) is 44.4 Å². The van der Waals surface area contributed by atoms with Crippen molar-refractivity contribution in [1.82, 2.24) is 35.6 Å². The second-order valence-corrected chi connectivity index (χ2v) is 11.5. The quantitative estimate of drug-likeness (QED) is 0.0755. The van der Waals surface area contributed by atoms with Gasteiger partial charge in [-0.1, -0.05) is 26.7 Å². The summed E-state index contributed by atoms with van der Waals surface area (Å²) < 4.78 is 0. The van der Waals surface area contributed by atoms with Crippen molar-refractivity contribution < 1.29 is 44.4 Å². The number of nitrogens with one attached hydrogen (secondary N) is 3. The van der Waals surface area contributed by atoms with E-state index >= 15 is 0 Å². The highest BCUT2D eigenvalue weighted by atomic mass is 16.4. The molecule has 254 valence electrons. The molecule has 1 fully saturated rings. The number of carbonyl (C=O) groups is 5. The van der Waals surface area contributed by atoms with E-state index in [1.165, 1.54) is 0 Å². The number of nitrogens with zero attached hydrogens (tertiary/aromatic N) is 4. The van der Waals surface area contributed by atoms with E-state index in [0.29, 0.717) is 71.5 Å². The molecule has 0 aromatic rings. The molecular weight excluding hydrogens is 578 g/mol. The van der Waals surface area contributed by atoms with Crippen molar-refractivity contribution in [2.24, 2.45) is 5.92 Å². The van der Waals surface area contributed by atoms with Gasteiger partial charge in [-0.25, -0.2) is 0 Å². The average molecular weight is 632 g/mol. The maximum atomic E-state index is 12.4. The largest absolute Gasteiger partial charge is 0.480 e. The van der Waals surface area contributed by atoms with E-state index in [0.717, 1.165) is 19.3 Å². The van der Waals surface area contributed by atoms with Gasteiger partial charge in [0.15, 0.2) is 0 Å². The zero-order valence-corrected chi connectivity index (χ0v) is 26.2. The zero-order valence-electron chi connectivity index (χ0n) is 26.2. The minimum absolute atomic E-state index is 0.0572. The molecule has 1 aliphatic heterocycles. The lowest BCUT2D eigenvalue weighted by atomic mass is 10.1. The Morgan fingerprint density at radius 3 is 1.55 bits per heavy atom. The van der Waals surface area contributed by atoms with Crippen molar-refractivity contribution in [2.75, 3.05) is 98.4 Å². The predicted molar refractivity (Wildman–Crippen MR) is 162 cm³/mol. The third-order valence-electron chi connectivity index (χ3n) is 7.21. The lowest BCUT2D eigenvalue weighted by Gasteiger charge is -2.33. The highest BCUT2D eigenvalue weighted by molar-refractivity contribution is 5.87. The summed E-state index contributed by atoms with van der Waals surface area (Å²) in [6, 6.07) is -1.03. The van der Waals surface area contributed by atoms with Crippen LogP contribution in [-0.4, -0.2) is 174 Å². The molecule has 7 N–H and O–H groups in total. The van der Waals surface area contributed by atoms with E-state index < -0.39 is 42.4 Å². The van der Waals surface area contributed by atoms with Crippen molar-refractivity contribution in [3.05, 3.63) is 0 Å². The third kappa shape index (κ3) is 19.4. The molecule has 0 bridgehead atoms. The Labute approximate surface area is 259 Å². The van der Waals surface area contributed by atoms with Crippen LogP contribution in [0.25, 0.3) is 0 Å². The minimum Gasteiger partial charge on any atom is -0.480 e. The van der Waals surface area contributed by atoms with Crippen LogP contribution < -0.4 is 16.0 Å². The number of carboxylic acids is 3. The number of hydrogen-bond donors (Lipinski definition) is 7. The summed E-state index contributed by atoms with van der Waals surface area (Å²) in [5, 5.41) is 46.0. The second kappa shape index (κ2) is 22.6. The van der Waals surface area contributed by atoms with Gasteiger partial charge in [-0.15, -0.1) is 0 Å². The molecular formula is C28H53N7O9. The van der Waals surface area contributed by atoms with Crippen LogP contribution in [0.3, 0.4) is 0 Å². The molecule has 0 unspecified atom stereocenters. The molecule has 0 aromatic heterocycles. The number of aliphatic hydroxyl groups is 1. The summed E-state index contributed by atoms with van der Waals surface area (Å²) in [6.07, 6.45) is 2.93. The Bertz CT molecular complexity index is 862. The molecule has 0 aliphatic carbocycles. The van der Waals surface area contributed by atoms with E-state index in [-0.39, 0.29) is 32.6 Å². The molecule has 0 aromatic carbocycles. The standard InChI is InChI=1S/C28H53N7O9/c1-22(2)5-3-4-7-30-28(44)23(20-36)31-24(37)6-8-29-21-35-15-13-33(18-26(40)41)11-9-32(17-25(38)39)10-12-34(14-16-35)19-27(42)43/h22-23,29,36H,3-21H2,1-2H3,(H,30,44)(H,31,37)(H,38,39)(H,40,41)(H,42,43)/t23-/m1/s1. The smallest absolute Gasteiger partial charge is 0.317 e. The number of amides is 2. The van der Waals surface area contributed by atoms with Gasteiger partial charge in [0.05, 0.1) is 26.2 Å². The van der Waals surface area contributed by atoms with Gasteiger partial charge in [-0.3, -0.25) is 43.6 Å². The average Bonchev–Trinajstić information content (AvgIpc) is 2.93. The summed E-state index contributed by atoms with van der Waals surface area (Å²) in [5.41, 5.74) is 0. The topological polar surface area (TPSA) is 215 Å². The Hall–Kier alpha value is -2.89. The number of hydrogen-bond acceptors (Lipinski definition) is 11. The van der Waals surface area contributed by atoms with Gasteiger partial charge in [0, 0.05) is 78.5 Å². The minimum atomic E-state index is -1.03. The van der Waals surface area contributed by atoms with Crippen molar-refractivity contribution in [2.45, 2.75) is 45.6 Å². The number of unbranched alkanes of at least 4 members (excludes halogenated alkanes) is 1. The van der Waals surface area contributed by atoms with Crippen molar-refractivity contribution >= 4 is 29.7 Å². The fourth-order valence-electron chi connectivity index (χ4n) is 4.70. The second-order valence-electron chi connectivity index (χ2n) is 11.5. The maximum Gasteiger partial charge on any atom is 0.317 e. The monoisotopic (exact) mass is 631 g/mol.